The maximum Gasteiger partial charge on any atom is 0.130 e. The minimum absolute atomic E-state index is 0.531. The number of rotatable bonds is 1. The monoisotopic (exact) mass is 238 g/mol. The van der Waals surface area contributed by atoms with Gasteiger partial charge in [0.2, 0.25) is 0 Å². The molecule has 0 saturated carbocycles. The summed E-state index contributed by atoms with van der Waals surface area (Å²) in [5.74, 6) is 0. The van der Waals surface area contributed by atoms with Crippen LogP contribution in [0.1, 0.15) is 11.1 Å². The van der Waals surface area contributed by atoms with Gasteiger partial charge in [-0.1, -0.05) is 23.7 Å². The van der Waals surface area contributed by atoms with E-state index in [-0.39, 0.29) is 0 Å². The quantitative estimate of drug-likeness (QED) is 0.750. The number of nitrogens with zero attached hydrogens (tertiary/aromatic N) is 1. The first-order valence-electron chi connectivity index (χ1n) is 4.91. The fourth-order valence-corrected chi connectivity index (χ4v) is 1.79. The summed E-state index contributed by atoms with van der Waals surface area (Å²) in [6, 6.07) is 7.90. The highest BCUT2D eigenvalue weighted by Gasteiger charge is 2.01. The number of aryl methyl sites for hydroxylation is 1. The standard InChI is InChI=1S/C11H11ClN2.CH4O/c1-7-4-11(12)14-10-5-8(6-13)2-3-9(7)10;1-2/h2-5H,6,13H2,1H3;2H,1H3. The first-order valence-corrected chi connectivity index (χ1v) is 5.29. The largest absolute Gasteiger partial charge is 0.400 e. The summed E-state index contributed by atoms with van der Waals surface area (Å²) in [5.41, 5.74) is 8.69. The van der Waals surface area contributed by atoms with Crippen molar-refractivity contribution in [1.29, 1.82) is 0 Å². The Morgan fingerprint density at radius 3 is 2.62 bits per heavy atom. The SMILES string of the molecule is CO.Cc1cc(Cl)nc2cc(CN)ccc12. The van der Waals surface area contributed by atoms with Crippen molar-refractivity contribution < 1.29 is 5.11 Å². The topological polar surface area (TPSA) is 59.1 Å². The van der Waals surface area contributed by atoms with Gasteiger partial charge in [-0.2, -0.15) is 0 Å². The summed E-state index contributed by atoms with van der Waals surface area (Å²) < 4.78 is 0. The van der Waals surface area contributed by atoms with Crippen LogP contribution in [0.2, 0.25) is 5.15 Å². The van der Waals surface area contributed by atoms with Crippen LogP contribution in [-0.4, -0.2) is 17.2 Å². The van der Waals surface area contributed by atoms with E-state index in [2.05, 4.69) is 4.98 Å². The molecule has 0 bridgehead atoms. The summed E-state index contributed by atoms with van der Waals surface area (Å²) in [5, 5.41) is 8.66. The van der Waals surface area contributed by atoms with Gasteiger partial charge in [0, 0.05) is 19.0 Å². The number of hydrogen-bond acceptors (Lipinski definition) is 3. The molecule has 0 fully saturated rings. The molecule has 0 aliphatic rings. The first kappa shape index (κ1) is 12.9. The van der Waals surface area contributed by atoms with Crippen molar-refractivity contribution in [1.82, 2.24) is 4.98 Å². The number of pyridine rings is 1. The van der Waals surface area contributed by atoms with Crippen molar-refractivity contribution in [3.63, 3.8) is 0 Å². The van der Waals surface area contributed by atoms with Gasteiger partial charge in [0.1, 0.15) is 5.15 Å². The van der Waals surface area contributed by atoms with Gasteiger partial charge in [-0.05, 0) is 30.2 Å². The minimum atomic E-state index is 0.531. The molecule has 0 unspecified atom stereocenters. The van der Waals surface area contributed by atoms with Crippen LogP contribution < -0.4 is 5.73 Å². The van der Waals surface area contributed by atoms with E-state index in [0.717, 1.165) is 29.1 Å². The van der Waals surface area contributed by atoms with Gasteiger partial charge in [0.05, 0.1) is 5.52 Å². The zero-order valence-corrected chi connectivity index (χ0v) is 10.1. The molecule has 0 atom stereocenters. The van der Waals surface area contributed by atoms with Gasteiger partial charge in [-0.3, -0.25) is 0 Å². The van der Waals surface area contributed by atoms with Crippen LogP contribution >= 0.6 is 11.6 Å². The predicted molar refractivity (Wildman–Crippen MR) is 67.5 cm³/mol. The maximum absolute atomic E-state index is 7.00. The molecule has 0 amide bonds. The molecule has 0 radical (unpaired) electrons. The highest BCUT2D eigenvalue weighted by atomic mass is 35.5. The molecule has 4 heteroatoms. The lowest BCUT2D eigenvalue weighted by molar-refractivity contribution is 0.399. The van der Waals surface area contributed by atoms with Crippen molar-refractivity contribution in [3.05, 3.63) is 40.5 Å². The molecule has 3 N–H and O–H groups in total. The van der Waals surface area contributed by atoms with Gasteiger partial charge < -0.3 is 10.8 Å². The molecule has 0 saturated heterocycles. The lowest BCUT2D eigenvalue weighted by Gasteiger charge is -2.04. The number of aromatic nitrogens is 1. The minimum Gasteiger partial charge on any atom is -0.400 e. The van der Waals surface area contributed by atoms with E-state index >= 15 is 0 Å². The average Bonchev–Trinajstić information content (AvgIpc) is 2.30. The van der Waals surface area contributed by atoms with Crippen LogP contribution in [0.15, 0.2) is 24.3 Å². The third kappa shape index (κ3) is 2.70. The Balaban J connectivity index is 0.000000606. The third-order valence-electron chi connectivity index (χ3n) is 2.29. The van der Waals surface area contributed by atoms with Crippen molar-refractivity contribution in [2.75, 3.05) is 7.11 Å². The molecule has 3 nitrogen and oxygen atoms in total. The van der Waals surface area contributed by atoms with E-state index in [1.165, 1.54) is 0 Å². The number of aliphatic hydroxyl groups excluding tert-OH is 1. The van der Waals surface area contributed by atoms with Crippen LogP contribution in [0.25, 0.3) is 10.9 Å². The van der Waals surface area contributed by atoms with Crippen LogP contribution in [0.3, 0.4) is 0 Å². The second kappa shape index (κ2) is 5.80. The number of halogens is 1. The predicted octanol–water partition coefficient (Wildman–Crippen LogP) is 2.26. The van der Waals surface area contributed by atoms with E-state index in [4.69, 9.17) is 22.4 Å². The molecular weight excluding hydrogens is 224 g/mol. The summed E-state index contributed by atoms with van der Waals surface area (Å²) in [6.07, 6.45) is 0. The van der Waals surface area contributed by atoms with Crippen molar-refractivity contribution in [2.45, 2.75) is 13.5 Å². The Labute approximate surface area is 99.9 Å². The number of fused-ring (bicyclic) bond motifs is 1. The summed E-state index contributed by atoms with van der Waals surface area (Å²) in [7, 11) is 1.00. The Kier molecular flexibility index (Phi) is 4.68. The van der Waals surface area contributed by atoms with Gasteiger partial charge in [-0.25, -0.2) is 4.98 Å². The van der Waals surface area contributed by atoms with Crippen LogP contribution in [0.5, 0.6) is 0 Å². The molecule has 16 heavy (non-hydrogen) atoms. The molecular formula is C12H15ClN2O. The van der Waals surface area contributed by atoms with E-state index in [1.54, 1.807) is 0 Å². The van der Waals surface area contributed by atoms with E-state index in [1.807, 2.05) is 31.2 Å². The van der Waals surface area contributed by atoms with Crippen molar-refractivity contribution >= 4 is 22.5 Å². The zero-order valence-electron chi connectivity index (χ0n) is 9.37. The summed E-state index contributed by atoms with van der Waals surface area (Å²) >= 11 is 5.88. The maximum atomic E-state index is 7.00. The Bertz CT molecular complexity index is 486. The summed E-state index contributed by atoms with van der Waals surface area (Å²) in [4.78, 5) is 4.25. The Hall–Kier alpha value is -1.16. The van der Waals surface area contributed by atoms with Crippen molar-refractivity contribution in [3.8, 4) is 0 Å². The van der Waals surface area contributed by atoms with Gasteiger partial charge >= 0.3 is 0 Å². The second-order valence-electron chi connectivity index (χ2n) is 3.32. The smallest absolute Gasteiger partial charge is 0.130 e. The van der Waals surface area contributed by atoms with Crippen LogP contribution in [-0.2, 0) is 6.54 Å². The second-order valence-corrected chi connectivity index (χ2v) is 3.70. The Morgan fingerprint density at radius 1 is 1.31 bits per heavy atom. The van der Waals surface area contributed by atoms with E-state index in [9.17, 15) is 0 Å². The molecule has 1 aromatic heterocycles. The van der Waals surface area contributed by atoms with Gasteiger partial charge in [0.15, 0.2) is 0 Å². The fraction of sp³-hybridized carbons (Fsp3) is 0.250. The number of nitrogens with two attached hydrogens (primary N) is 1. The third-order valence-corrected chi connectivity index (χ3v) is 2.48. The van der Waals surface area contributed by atoms with E-state index < -0.39 is 0 Å². The Morgan fingerprint density at radius 2 is 2.00 bits per heavy atom. The molecule has 2 rings (SSSR count). The molecule has 0 aliphatic carbocycles. The number of benzene rings is 1. The van der Waals surface area contributed by atoms with Crippen LogP contribution in [0.4, 0.5) is 0 Å². The molecule has 86 valence electrons. The molecule has 2 aromatic rings. The summed E-state index contributed by atoms with van der Waals surface area (Å²) in [6.45, 7) is 2.56. The van der Waals surface area contributed by atoms with Crippen LogP contribution in [0, 0.1) is 6.92 Å². The van der Waals surface area contributed by atoms with Crippen molar-refractivity contribution in [2.24, 2.45) is 5.73 Å². The lowest BCUT2D eigenvalue weighted by Crippen LogP contribution is -1.96. The molecule has 1 heterocycles. The van der Waals surface area contributed by atoms with Gasteiger partial charge in [-0.15, -0.1) is 0 Å². The fourth-order valence-electron chi connectivity index (χ4n) is 1.53. The highest BCUT2D eigenvalue weighted by Crippen LogP contribution is 2.21. The van der Waals surface area contributed by atoms with Gasteiger partial charge in [0.25, 0.3) is 0 Å². The average molecular weight is 239 g/mol. The zero-order chi connectivity index (χ0) is 12.1. The first-order chi connectivity index (χ1) is 7.70. The number of aliphatic hydroxyl groups is 1. The number of hydrogen-bond donors (Lipinski definition) is 2. The van der Waals surface area contributed by atoms with E-state index in [0.29, 0.717) is 11.7 Å². The molecule has 1 aromatic carbocycles. The molecule has 0 spiro atoms. The normalized spacial score (nSPS) is 9.81. The highest BCUT2D eigenvalue weighted by molar-refractivity contribution is 6.29. The lowest BCUT2D eigenvalue weighted by atomic mass is 10.1. The molecule has 0 aliphatic heterocycles.